The van der Waals surface area contributed by atoms with Gasteiger partial charge >= 0.3 is 0 Å². The topological polar surface area (TPSA) is 34.1 Å². The summed E-state index contributed by atoms with van der Waals surface area (Å²) in [7, 11) is 0. The third-order valence-corrected chi connectivity index (χ3v) is 2.79. The summed E-state index contributed by atoms with van der Waals surface area (Å²) >= 11 is 0. The molecule has 1 aromatic rings. The van der Waals surface area contributed by atoms with Gasteiger partial charge in [0.1, 0.15) is 0 Å². The van der Waals surface area contributed by atoms with Gasteiger partial charge in [-0.1, -0.05) is 57.0 Å². The van der Waals surface area contributed by atoms with Crippen molar-refractivity contribution in [2.45, 2.75) is 33.1 Å². The van der Waals surface area contributed by atoms with Gasteiger partial charge in [0.15, 0.2) is 5.78 Å². The Morgan fingerprint density at radius 1 is 1.18 bits per heavy atom. The van der Waals surface area contributed by atoms with Crippen LogP contribution in [0.15, 0.2) is 30.3 Å². The van der Waals surface area contributed by atoms with Crippen molar-refractivity contribution < 1.29 is 9.59 Å². The van der Waals surface area contributed by atoms with Crippen LogP contribution < -0.4 is 0 Å². The number of ketones is 1. The zero-order chi connectivity index (χ0) is 12.7. The zero-order valence-corrected chi connectivity index (χ0v) is 10.5. The Hall–Kier alpha value is -1.44. The summed E-state index contributed by atoms with van der Waals surface area (Å²) in [6, 6.07) is 8.96. The number of carbonyl (C=O) groups is 1. The quantitative estimate of drug-likeness (QED) is 0.532. The number of carbonyl (C=O) groups excluding carboxylic acids is 2. The normalized spacial score (nSPS) is 12.4. The van der Waals surface area contributed by atoms with Crippen LogP contribution in [0.25, 0.3) is 0 Å². The fraction of sp³-hybridized carbons (Fsp3) is 0.467. The summed E-state index contributed by atoms with van der Waals surface area (Å²) in [4.78, 5) is 22.8. The fourth-order valence-corrected chi connectivity index (χ4v) is 1.78. The maximum atomic E-state index is 12.0. The summed E-state index contributed by atoms with van der Waals surface area (Å²) in [5.41, 5.74) is 0.602. The van der Waals surface area contributed by atoms with E-state index < -0.39 is 5.92 Å². The Labute approximate surface area is 103 Å². The molecule has 0 aliphatic rings. The minimum atomic E-state index is -0.601. The van der Waals surface area contributed by atoms with E-state index in [9.17, 15) is 9.59 Å². The largest absolute Gasteiger partial charge is 0.293 e. The van der Waals surface area contributed by atoms with Crippen LogP contribution in [0.3, 0.4) is 0 Å². The standard InChI is InChI=1S/C15H19O2/c1-12(2)7-6-10-14(11-16)15(17)13-8-4-3-5-9-13/h3-5,8-9,12,14H,6-7,10H2,1-2H3. The minimum absolute atomic E-state index is 0.107. The molecular weight excluding hydrogens is 212 g/mol. The molecule has 2 nitrogen and oxygen atoms in total. The SMILES string of the molecule is CC(C)CCCC([C]=O)C(=O)c1ccccc1. The van der Waals surface area contributed by atoms with Gasteiger partial charge in [0, 0.05) is 5.56 Å². The van der Waals surface area contributed by atoms with E-state index in [4.69, 9.17) is 0 Å². The molecule has 1 unspecified atom stereocenters. The molecule has 1 radical (unpaired) electrons. The molecule has 0 saturated carbocycles. The van der Waals surface area contributed by atoms with Crippen molar-refractivity contribution in [3.8, 4) is 0 Å². The van der Waals surface area contributed by atoms with Crippen LogP contribution in [0, 0.1) is 11.8 Å². The smallest absolute Gasteiger partial charge is 0.209 e. The number of hydrogen-bond donors (Lipinski definition) is 0. The molecule has 0 fully saturated rings. The molecule has 0 bridgehead atoms. The first-order valence-electron chi connectivity index (χ1n) is 6.12. The molecule has 1 atom stereocenters. The average Bonchev–Trinajstić information content (AvgIpc) is 2.34. The third kappa shape index (κ3) is 4.51. The van der Waals surface area contributed by atoms with Crippen molar-refractivity contribution in [1.82, 2.24) is 0 Å². The van der Waals surface area contributed by atoms with Crippen molar-refractivity contribution >= 4 is 12.1 Å². The van der Waals surface area contributed by atoms with Crippen molar-refractivity contribution in [3.05, 3.63) is 35.9 Å². The summed E-state index contributed by atoms with van der Waals surface area (Å²) in [5.74, 6) is -0.102. The van der Waals surface area contributed by atoms with Crippen molar-refractivity contribution in [2.24, 2.45) is 11.8 Å². The summed E-state index contributed by atoms with van der Waals surface area (Å²) in [6.45, 7) is 4.28. The first-order valence-corrected chi connectivity index (χ1v) is 6.12. The predicted molar refractivity (Wildman–Crippen MR) is 68.6 cm³/mol. The molecule has 91 valence electrons. The van der Waals surface area contributed by atoms with Gasteiger partial charge in [0.25, 0.3) is 0 Å². The second-order valence-electron chi connectivity index (χ2n) is 4.73. The molecule has 0 aliphatic carbocycles. The molecule has 1 aromatic carbocycles. The van der Waals surface area contributed by atoms with Crippen molar-refractivity contribution in [2.75, 3.05) is 0 Å². The van der Waals surface area contributed by atoms with E-state index in [1.807, 2.05) is 24.5 Å². The highest BCUT2D eigenvalue weighted by Gasteiger charge is 2.19. The molecule has 0 amide bonds. The molecular formula is C15H19O2. The van der Waals surface area contributed by atoms with Gasteiger partial charge in [-0.25, -0.2) is 0 Å². The van der Waals surface area contributed by atoms with Crippen molar-refractivity contribution in [3.63, 3.8) is 0 Å². The second kappa shape index (κ2) is 7.00. The number of Topliss-reactive ketones (excluding diaryl/α,β-unsaturated/α-hetero) is 1. The van der Waals surface area contributed by atoms with Gasteiger partial charge in [0.05, 0.1) is 5.92 Å². The van der Waals surface area contributed by atoms with E-state index in [1.54, 1.807) is 12.1 Å². The highest BCUT2D eigenvalue weighted by molar-refractivity contribution is 6.05. The second-order valence-corrected chi connectivity index (χ2v) is 4.73. The van der Waals surface area contributed by atoms with E-state index in [-0.39, 0.29) is 5.78 Å². The molecule has 2 heteroatoms. The Balaban J connectivity index is 2.56. The Morgan fingerprint density at radius 2 is 1.82 bits per heavy atom. The molecule has 0 aromatic heterocycles. The molecule has 0 N–H and O–H groups in total. The summed E-state index contributed by atoms with van der Waals surface area (Å²) in [6.07, 6.45) is 4.42. The Morgan fingerprint density at radius 3 is 2.35 bits per heavy atom. The Bertz CT molecular complexity index is 354. The number of benzene rings is 1. The third-order valence-electron chi connectivity index (χ3n) is 2.79. The van der Waals surface area contributed by atoms with Crippen LogP contribution in [-0.4, -0.2) is 12.1 Å². The van der Waals surface area contributed by atoms with Crippen LogP contribution in [0.4, 0.5) is 0 Å². The fourth-order valence-electron chi connectivity index (χ4n) is 1.78. The lowest BCUT2D eigenvalue weighted by Crippen LogP contribution is -2.16. The maximum Gasteiger partial charge on any atom is 0.209 e. The van der Waals surface area contributed by atoms with Crippen LogP contribution in [0.1, 0.15) is 43.5 Å². The number of hydrogen-bond acceptors (Lipinski definition) is 2. The molecule has 1 rings (SSSR count). The van der Waals surface area contributed by atoms with E-state index in [0.29, 0.717) is 17.9 Å². The van der Waals surface area contributed by atoms with E-state index in [1.165, 1.54) is 0 Å². The van der Waals surface area contributed by atoms with Gasteiger partial charge in [-0.2, -0.15) is 0 Å². The van der Waals surface area contributed by atoms with Crippen LogP contribution in [0.2, 0.25) is 0 Å². The minimum Gasteiger partial charge on any atom is -0.293 e. The Kier molecular flexibility index (Phi) is 5.61. The first-order chi connectivity index (χ1) is 8.15. The van der Waals surface area contributed by atoms with E-state index in [2.05, 4.69) is 13.8 Å². The van der Waals surface area contributed by atoms with Gasteiger partial charge < -0.3 is 0 Å². The lowest BCUT2D eigenvalue weighted by atomic mass is 9.92. The van der Waals surface area contributed by atoms with Crippen LogP contribution >= 0.6 is 0 Å². The van der Waals surface area contributed by atoms with Gasteiger partial charge in [-0.05, 0) is 12.3 Å². The summed E-state index contributed by atoms with van der Waals surface area (Å²) in [5, 5.41) is 0. The van der Waals surface area contributed by atoms with Gasteiger partial charge in [-0.15, -0.1) is 0 Å². The number of rotatable bonds is 7. The highest BCUT2D eigenvalue weighted by atomic mass is 16.1. The molecule has 0 saturated heterocycles. The van der Waals surface area contributed by atoms with Gasteiger partial charge in [-0.3, -0.25) is 9.59 Å². The lowest BCUT2D eigenvalue weighted by molar-refractivity contribution is 0.0946. The van der Waals surface area contributed by atoms with Crippen LogP contribution in [0.5, 0.6) is 0 Å². The van der Waals surface area contributed by atoms with E-state index in [0.717, 1.165) is 12.8 Å². The molecule has 0 spiro atoms. The van der Waals surface area contributed by atoms with Crippen molar-refractivity contribution in [1.29, 1.82) is 0 Å². The van der Waals surface area contributed by atoms with Crippen LogP contribution in [-0.2, 0) is 4.79 Å². The zero-order valence-electron chi connectivity index (χ0n) is 10.5. The molecule has 0 heterocycles. The molecule has 0 aliphatic heterocycles. The summed E-state index contributed by atoms with van der Waals surface area (Å²) < 4.78 is 0. The predicted octanol–water partition coefficient (Wildman–Crippen LogP) is 3.42. The van der Waals surface area contributed by atoms with E-state index >= 15 is 0 Å². The highest BCUT2D eigenvalue weighted by Crippen LogP contribution is 2.16. The average molecular weight is 231 g/mol. The first kappa shape index (κ1) is 13.6. The van der Waals surface area contributed by atoms with Gasteiger partial charge in [0.2, 0.25) is 6.29 Å². The lowest BCUT2D eigenvalue weighted by Gasteiger charge is -2.09. The monoisotopic (exact) mass is 231 g/mol. The maximum absolute atomic E-state index is 12.0. The molecule has 17 heavy (non-hydrogen) atoms.